The summed E-state index contributed by atoms with van der Waals surface area (Å²) in [7, 11) is 1.96. The number of halogens is 1. The quantitative estimate of drug-likeness (QED) is 0.314. The number of piperidine rings is 1. The number of likely N-dealkylation sites (tertiary alicyclic amines) is 1. The van der Waals surface area contributed by atoms with Crippen molar-refractivity contribution in [3.63, 3.8) is 0 Å². The van der Waals surface area contributed by atoms with Gasteiger partial charge in [-0.25, -0.2) is 4.98 Å². The molecule has 2 N–H and O–H groups in total. The van der Waals surface area contributed by atoms with E-state index < -0.39 is 11.5 Å². The van der Waals surface area contributed by atoms with Gasteiger partial charge in [-0.1, -0.05) is 43.0 Å². The third-order valence-corrected chi connectivity index (χ3v) is 9.09. The van der Waals surface area contributed by atoms with Gasteiger partial charge in [0.1, 0.15) is 6.04 Å². The van der Waals surface area contributed by atoms with Crippen molar-refractivity contribution >= 4 is 40.8 Å². The van der Waals surface area contributed by atoms with Crippen molar-refractivity contribution in [2.24, 2.45) is 18.4 Å². The fourth-order valence-corrected chi connectivity index (χ4v) is 6.62. The molecule has 0 spiro atoms. The molecule has 0 bridgehead atoms. The summed E-state index contributed by atoms with van der Waals surface area (Å²) < 4.78 is 7.57. The van der Waals surface area contributed by atoms with E-state index >= 15 is 0 Å². The number of imidazole rings is 1. The van der Waals surface area contributed by atoms with Crippen LogP contribution in [0, 0.1) is 11.3 Å². The molecule has 8 nitrogen and oxygen atoms in total. The fraction of sp³-hybridized carbons (Fsp3) is 0.600. The maximum absolute atomic E-state index is 13.9. The number of nitrogens with one attached hydrogen (secondary N) is 2. The van der Waals surface area contributed by atoms with Gasteiger partial charge in [0.2, 0.25) is 5.91 Å². The zero-order chi connectivity index (χ0) is 28.5. The van der Waals surface area contributed by atoms with Crippen LogP contribution in [0.4, 0.5) is 0 Å². The standard InChI is InChI=1S/C30H42ClN5O3S/c1-3-39-28(38)30(23-7-5-4-6-8-23)14-17-36(18-15-30)27(37)26(19-22-9-11-24(31)12-10-22)34-29(40)33-16-13-25-20-32-21-35(25)2/h9-12,20-21,23,26H,3-8,13-19H2,1-2H3,(H2,33,34,40). The van der Waals surface area contributed by atoms with Crippen molar-refractivity contribution < 1.29 is 14.3 Å². The van der Waals surface area contributed by atoms with Gasteiger partial charge in [-0.3, -0.25) is 9.59 Å². The lowest BCUT2D eigenvalue weighted by atomic mass is 9.63. The Labute approximate surface area is 248 Å². The molecule has 1 aliphatic carbocycles. The number of esters is 1. The fourth-order valence-electron chi connectivity index (χ4n) is 6.25. The molecule has 2 aromatic rings. The lowest BCUT2D eigenvalue weighted by Crippen LogP contribution is -2.56. The highest BCUT2D eigenvalue weighted by atomic mass is 35.5. The van der Waals surface area contributed by atoms with Gasteiger partial charge in [0.05, 0.1) is 18.3 Å². The Hall–Kier alpha value is -2.65. The molecule has 1 aliphatic heterocycles. The van der Waals surface area contributed by atoms with E-state index in [0.29, 0.717) is 61.6 Å². The molecular weight excluding hydrogens is 546 g/mol. The summed E-state index contributed by atoms with van der Waals surface area (Å²) in [6, 6.07) is 7.01. The molecule has 2 heterocycles. The van der Waals surface area contributed by atoms with Crippen LogP contribution in [-0.4, -0.2) is 63.7 Å². The SMILES string of the molecule is CCOC(=O)C1(C2CCCCC2)CCN(C(=O)C(Cc2ccc(Cl)cc2)NC(=S)NCCc2cncn2C)CC1. The number of benzene rings is 1. The number of carbonyl (C=O) groups is 2. The molecule has 2 aliphatic rings. The average Bonchev–Trinajstić information content (AvgIpc) is 3.38. The highest BCUT2D eigenvalue weighted by Crippen LogP contribution is 2.47. The topological polar surface area (TPSA) is 88.5 Å². The van der Waals surface area contributed by atoms with Gasteiger partial charge in [0, 0.05) is 56.4 Å². The Morgan fingerprint density at radius 2 is 1.88 bits per heavy atom. The lowest BCUT2D eigenvalue weighted by molar-refractivity contribution is -0.166. The summed E-state index contributed by atoms with van der Waals surface area (Å²) in [4.78, 5) is 33.2. The summed E-state index contributed by atoms with van der Waals surface area (Å²) in [5.74, 6) is 0.243. The van der Waals surface area contributed by atoms with Gasteiger partial charge in [0.15, 0.2) is 5.11 Å². The zero-order valence-electron chi connectivity index (χ0n) is 23.7. The highest BCUT2D eigenvalue weighted by molar-refractivity contribution is 7.80. The van der Waals surface area contributed by atoms with E-state index in [9.17, 15) is 9.59 Å². The van der Waals surface area contributed by atoms with Crippen molar-refractivity contribution in [3.05, 3.63) is 53.1 Å². The van der Waals surface area contributed by atoms with Gasteiger partial charge in [-0.15, -0.1) is 0 Å². The van der Waals surface area contributed by atoms with E-state index in [1.54, 1.807) is 6.33 Å². The first kappa shape index (κ1) is 30.3. The van der Waals surface area contributed by atoms with Crippen molar-refractivity contribution in [1.82, 2.24) is 25.1 Å². The molecule has 1 saturated carbocycles. The number of ether oxygens (including phenoxy) is 1. The number of hydrogen-bond donors (Lipinski definition) is 2. The molecule has 1 saturated heterocycles. The minimum absolute atomic E-state index is 0.00756. The molecule has 2 fully saturated rings. The third kappa shape index (κ3) is 7.55. The van der Waals surface area contributed by atoms with Crippen LogP contribution in [0.15, 0.2) is 36.8 Å². The van der Waals surface area contributed by atoms with E-state index in [0.717, 1.165) is 43.4 Å². The monoisotopic (exact) mass is 587 g/mol. The minimum atomic E-state index is -0.539. The molecular formula is C30H42ClN5O3S. The second kappa shape index (κ2) is 14.3. The van der Waals surface area contributed by atoms with Gasteiger partial charge in [0.25, 0.3) is 0 Å². The predicted octanol–water partition coefficient (Wildman–Crippen LogP) is 4.44. The molecule has 218 valence electrons. The molecule has 1 amide bonds. The Kier molecular flexibility index (Phi) is 10.8. The summed E-state index contributed by atoms with van der Waals surface area (Å²) >= 11 is 11.7. The van der Waals surface area contributed by atoms with Crippen LogP contribution in [-0.2, 0) is 34.2 Å². The van der Waals surface area contributed by atoms with Crippen LogP contribution in [0.2, 0.25) is 5.02 Å². The van der Waals surface area contributed by atoms with E-state index in [2.05, 4.69) is 15.6 Å². The average molecular weight is 588 g/mol. The van der Waals surface area contributed by atoms with E-state index in [4.69, 9.17) is 28.6 Å². The second-order valence-electron chi connectivity index (χ2n) is 11.1. The number of carbonyl (C=O) groups excluding carboxylic acids is 2. The molecule has 0 radical (unpaired) electrons. The molecule has 4 rings (SSSR count). The number of amides is 1. The first-order valence-electron chi connectivity index (χ1n) is 14.5. The minimum Gasteiger partial charge on any atom is -0.466 e. The van der Waals surface area contributed by atoms with Crippen molar-refractivity contribution in [3.8, 4) is 0 Å². The van der Waals surface area contributed by atoms with Crippen LogP contribution in [0.5, 0.6) is 0 Å². The Morgan fingerprint density at radius 3 is 2.50 bits per heavy atom. The van der Waals surface area contributed by atoms with Crippen molar-refractivity contribution in [2.75, 3.05) is 26.2 Å². The first-order valence-corrected chi connectivity index (χ1v) is 15.3. The molecule has 10 heteroatoms. The highest BCUT2D eigenvalue weighted by Gasteiger charge is 2.49. The van der Waals surface area contributed by atoms with Gasteiger partial charge < -0.3 is 24.8 Å². The van der Waals surface area contributed by atoms with Gasteiger partial charge in [-0.2, -0.15) is 0 Å². The molecule has 1 unspecified atom stereocenters. The number of aromatic nitrogens is 2. The first-order chi connectivity index (χ1) is 19.3. The van der Waals surface area contributed by atoms with Gasteiger partial charge in [-0.05, 0) is 68.4 Å². The summed E-state index contributed by atoms with van der Waals surface area (Å²) in [6.45, 7) is 3.95. The zero-order valence-corrected chi connectivity index (χ0v) is 25.2. The smallest absolute Gasteiger partial charge is 0.312 e. The van der Waals surface area contributed by atoms with Crippen LogP contribution in [0.1, 0.15) is 63.1 Å². The summed E-state index contributed by atoms with van der Waals surface area (Å²) in [5.41, 5.74) is 1.60. The van der Waals surface area contributed by atoms with E-state index in [-0.39, 0.29) is 11.9 Å². The largest absolute Gasteiger partial charge is 0.466 e. The number of aryl methyl sites for hydroxylation is 1. The van der Waals surface area contributed by atoms with Crippen molar-refractivity contribution in [1.29, 1.82) is 0 Å². The van der Waals surface area contributed by atoms with Crippen LogP contribution < -0.4 is 10.6 Å². The number of hydrogen-bond acceptors (Lipinski definition) is 5. The van der Waals surface area contributed by atoms with Crippen molar-refractivity contribution in [2.45, 2.75) is 70.8 Å². The van der Waals surface area contributed by atoms with Crippen LogP contribution >= 0.6 is 23.8 Å². The Balaban J connectivity index is 1.42. The maximum atomic E-state index is 13.9. The summed E-state index contributed by atoms with van der Waals surface area (Å²) in [6.07, 6.45) is 11.8. The second-order valence-corrected chi connectivity index (χ2v) is 11.9. The molecule has 1 aromatic heterocycles. The van der Waals surface area contributed by atoms with E-state index in [1.165, 1.54) is 6.42 Å². The number of thiocarbonyl (C=S) groups is 1. The number of nitrogens with zero attached hydrogens (tertiary/aromatic N) is 3. The summed E-state index contributed by atoms with van der Waals surface area (Å²) in [5, 5.41) is 7.62. The molecule has 1 atom stereocenters. The van der Waals surface area contributed by atoms with E-state index in [1.807, 2.05) is 53.9 Å². The predicted molar refractivity (Wildman–Crippen MR) is 161 cm³/mol. The Morgan fingerprint density at radius 1 is 1.18 bits per heavy atom. The maximum Gasteiger partial charge on any atom is 0.312 e. The lowest BCUT2D eigenvalue weighted by Gasteiger charge is -2.46. The third-order valence-electron chi connectivity index (χ3n) is 8.58. The normalized spacial score (nSPS) is 18.1. The molecule has 1 aromatic carbocycles. The van der Waals surface area contributed by atoms with Crippen LogP contribution in [0.3, 0.4) is 0 Å². The Bertz CT molecular complexity index is 1140. The number of rotatable bonds is 10. The molecule has 40 heavy (non-hydrogen) atoms. The van der Waals surface area contributed by atoms with Crippen LogP contribution in [0.25, 0.3) is 0 Å². The van der Waals surface area contributed by atoms with Gasteiger partial charge >= 0.3 is 5.97 Å².